The zero-order chi connectivity index (χ0) is 17.0. The molecule has 0 spiro atoms. The summed E-state index contributed by atoms with van der Waals surface area (Å²) < 4.78 is 37.8. The zero-order valence-electron chi connectivity index (χ0n) is 12.6. The molecular weight excluding hydrogens is 351 g/mol. The first-order valence-electron chi connectivity index (χ1n) is 7.13. The molecule has 134 valence electrons. The molecule has 0 aliphatic carbocycles. The highest BCUT2D eigenvalue weighted by Crippen LogP contribution is 2.33. The number of carbonyl (C=O) groups is 1. The Morgan fingerprint density at radius 3 is 2.67 bits per heavy atom. The molecule has 6 nitrogen and oxygen atoms in total. The quantitative estimate of drug-likeness (QED) is 0.619. The minimum atomic E-state index is -4.70. The number of nitrogens with one attached hydrogen (secondary N) is 2. The predicted molar refractivity (Wildman–Crippen MR) is 83.3 cm³/mol. The molecule has 0 saturated carbocycles. The van der Waals surface area contributed by atoms with Gasteiger partial charge in [0.25, 0.3) is 11.6 Å². The highest BCUT2D eigenvalue weighted by molar-refractivity contribution is 5.98. The van der Waals surface area contributed by atoms with Gasteiger partial charge in [0.05, 0.1) is 10.5 Å². The van der Waals surface area contributed by atoms with Gasteiger partial charge in [0, 0.05) is 12.6 Å². The molecule has 1 fully saturated rings. The Hall–Kier alpha value is -1.87. The van der Waals surface area contributed by atoms with Gasteiger partial charge in [-0.2, -0.15) is 13.2 Å². The molecule has 1 heterocycles. The fourth-order valence-electron chi connectivity index (χ4n) is 2.50. The number of benzene rings is 1. The Bertz CT molecular complexity index is 605. The third kappa shape index (κ3) is 5.07. The van der Waals surface area contributed by atoms with E-state index >= 15 is 0 Å². The first-order valence-corrected chi connectivity index (χ1v) is 7.13. The Morgan fingerprint density at radius 1 is 1.42 bits per heavy atom. The zero-order valence-corrected chi connectivity index (χ0v) is 13.4. The maximum absolute atomic E-state index is 12.6. The molecule has 1 unspecified atom stereocenters. The number of nitro groups is 1. The number of amides is 1. The average Bonchev–Trinajstić information content (AvgIpc) is 2.98. The van der Waals surface area contributed by atoms with Crippen LogP contribution >= 0.6 is 12.4 Å². The highest BCUT2D eigenvalue weighted by atomic mass is 35.5. The molecule has 1 aliphatic rings. The van der Waals surface area contributed by atoms with Gasteiger partial charge in [-0.25, -0.2) is 0 Å². The van der Waals surface area contributed by atoms with E-state index in [2.05, 4.69) is 10.6 Å². The number of hydrogen-bond acceptors (Lipinski definition) is 4. The second-order valence-electron chi connectivity index (χ2n) is 5.39. The van der Waals surface area contributed by atoms with E-state index in [4.69, 9.17) is 0 Å². The average molecular weight is 368 g/mol. The van der Waals surface area contributed by atoms with E-state index in [9.17, 15) is 28.1 Å². The lowest BCUT2D eigenvalue weighted by Crippen LogP contribution is -2.27. The summed E-state index contributed by atoms with van der Waals surface area (Å²) in [4.78, 5) is 21.9. The van der Waals surface area contributed by atoms with Crippen LogP contribution in [0.25, 0.3) is 0 Å². The molecule has 24 heavy (non-hydrogen) atoms. The molecule has 1 aliphatic heterocycles. The van der Waals surface area contributed by atoms with Crippen LogP contribution in [0, 0.1) is 16.0 Å². The van der Waals surface area contributed by atoms with Gasteiger partial charge in [0.2, 0.25) is 0 Å². The van der Waals surface area contributed by atoms with Crippen LogP contribution in [0.3, 0.4) is 0 Å². The Labute approximate surface area is 142 Å². The summed E-state index contributed by atoms with van der Waals surface area (Å²) >= 11 is 0. The molecule has 10 heteroatoms. The summed E-state index contributed by atoms with van der Waals surface area (Å²) in [6.07, 6.45) is -2.99. The largest absolute Gasteiger partial charge is 0.416 e. The Morgan fingerprint density at radius 2 is 2.12 bits per heavy atom. The highest BCUT2D eigenvalue weighted by Gasteiger charge is 2.34. The number of alkyl halides is 3. The summed E-state index contributed by atoms with van der Waals surface area (Å²) in [7, 11) is 0. The van der Waals surface area contributed by atoms with Gasteiger partial charge in [-0.05, 0) is 44.0 Å². The number of nitrogens with zero attached hydrogens (tertiary/aromatic N) is 1. The topological polar surface area (TPSA) is 84.3 Å². The third-order valence-corrected chi connectivity index (χ3v) is 3.77. The van der Waals surface area contributed by atoms with Gasteiger partial charge >= 0.3 is 6.18 Å². The maximum Gasteiger partial charge on any atom is 0.416 e. The second-order valence-corrected chi connectivity index (χ2v) is 5.39. The van der Waals surface area contributed by atoms with Crippen LogP contribution in [-0.4, -0.2) is 30.5 Å². The molecule has 0 radical (unpaired) electrons. The SMILES string of the molecule is Cl.O=C(NCCC1CCNC1)c1ccc(C(F)(F)F)cc1[N+](=O)[O-]. The van der Waals surface area contributed by atoms with Gasteiger partial charge in [0.15, 0.2) is 0 Å². The van der Waals surface area contributed by atoms with Crippen LogP contribution in [-0.2, 0) is 6.18 Å². The van der Waals surface area contributed by atoms with Crippen molar-refractivity contribution in [2.45, 2.75) is 19.0 Å². The Balaban J connectivity index is 0.00000288. The number of hydrogen-bond donors (Lipinski definition) is 2. The standard InChI is InChI=1S/C14H16F3N3O3.ClH/c15-14(16,17)10-1-2-11(12(7-10)20(22)23)13(21)19-6-4-9-3-5-18-8-9;/h1-2,7,9,18H,3-6,8H2,(H,19,21);1H. The number of rotatable bonds is 5. The molecule has 1 saturated heterocycles. The first kappa shape index (κ1) is 20.2. The van der Waals surface area contributed by atoms with Crippen LogP contribution in [0.5, 0.6) is 0 Å². The number of carbonyl (C=O) groups excluding carboxylic acids is 1. The van der Waals surface area contributed by atoms with E-state index in [1.54, 1.807) is 0 Å². The minimum absolute atomic E-state index is 0. The lowest BCUT2D eigenvalue weighted by Gasteiger charge is -2.11. The summed E-state index contributed by atoms with van der Waals surface area (Å²) in [5, 5.41) is 16.6. The molecule has 0 aromatic heterocycles. The summed E-state index contributed by atoms with van der Waals surface area (Å²) in [6, 6.07) is 1.89. The first-order chi connectivity index (χ1) is 10.8. The van der Waals surface area contributed by atoms with Crippen molar-refractivity contribution in [3.8, 4) is 0 Å². The van der Waals surface area contributed by atoms with Gasteiger partial charge in [-0.15, -0.1) is 12.4 Å². The van der Waals surface area contributed by atoms with Crippen molar-refractivity contribution in [2.75, 3.05) is 19.6 Å². The third-order valence-electron chi connectivity index (χ3n) is 3.77. The van der Waals surface area contributed by atoms with E-state index < -0.39 is 28.3 Å². The lowest BCUT2D eigenvalue weighted by atomic mass is 10.0. The van der Waals surface area contributed by atoms with Crippen molar-refractivity contribution < 1.29 is 22.9 Å². The number of nitro benzene ring substituents is 1. The van der Waals surface area contributed by atoms with E-state index in [0.717, 1.165) is 25.6 Å². The van der Waals surface area contributed by atoms with Crippen molar-refractivity contribution in [2.24, 2.45) is 5.92 Å². The van der Waals surface area contributed by atoms with Crippen molar-refractivity contribution in [3.05, 3.63) is 39.4 Å². The van der Waals surface area contributed by atoms with Gasteiger partial charge in [-0.3, -0.25) is 14.9 Å². The molecule has 1 aromatic rings. The van der Waals surface area contributed by atoms with Crippen LogP contribution in [0.4, 0.5) is 18.9 Å². The normalized spacial score (nSPS) is 17.2. The van der Waals surface area contributed by atoms with Crippen LogP contribution in [0.1, 0.15) is 28.8 Å². The number of halogens is 4. The van der Waals surface area contributed by atoms with Gasteiger partial charge in [-0.1, -0.05) is 0 Å². The summed E-state index contributed by atoms with van der Waals surface area (Å²) in [6.45, 7) is 2.10. The minimum Gasteiger partial charge on any atom is -0.352 e. The predicted octanol–water partition coefficient (Wildman–Crippen LogP) is 2.76. The molecule has 2 rings (SSSR count). The van der Waals surface area contributed by atoms with E-state index in [-0.39, 0.29) is 18.0 Å². The van der Waals surface area contributed by atoms with Crippen molar-refractivity contribution in [1.29, 1.82) is 0 Å². The van der Waals surface area contributed by atoms with Crippen molar-refractivity contribution in [1.82, 2.24) is 10.6 Å². The van der Waals surface area contributed by atoms with Crippen molar-refractivity contribution in [3.63, 3.8) is 0 Å². The monoisotopic (exact) mass is 367 g/mol. The molecule has 1 aromatic carbocycles. The molecule has 1 amide bonds. The van der Waals surface area contributed by atoms with Crippen molar-refractivity contribution >= 4 is 24.0 Å². The van der Waals surface area contributed by atoms with E-state index in [0.29, 0.717) is 31.0 Å². The van der Waals surface area contributed by atoms with Crippen LogP contribution in [0.15, 0.2) is 18.2 Å². The fraction of sp³-hybridized carbons (Fsp3) is 0.500. The fourth-order valence-corrected chi connectivity index (χ4v) is 2.50. The van der Waals surface area contributed by atoms with Crippen LogP contribution < -0.4 is 10.6 Å². The smallest absolute Gasteiger partial charge is 0.352 e. The summed E-state index contributed by atoms with van der Waals surface area (Å²) in [5.74, 6) is -0.311. The lowest BCUT2D eigenvalue weighted by molar-refractivity contribution is -0.385. The molecular formula is C14H17ClF3N3O3. The molecule has 1 atom stereocenters. The van der Waals surface area contributed by atoms with Gasteiger partial charge < -0.3 is 10.6 Å². The van der Waals surface area contributed by atoms with E-state index in [1.807, 2.05) is 0 Å². The molecule has 0 bridgehead atoms. The van der Waals surface area contributed by atoms with E-state index in [1.165, 1.54) is 0 Å². The van der Waals surface area contributed by atoms with Crippen LogP contribution in [0.2, 0.25) is 0 Å². The Kier molecular flexibility index (Phi) is 6.97. The summed E-state index contributed by atoms with van der Waals surface area (Å²) in [5.41, 5.74) is -2.37. The molecule has 2 N–H and O–H groups in total. The maximum atomic E-state index is 12.6. The second kappa shape index (κ2) is 8.29. The van der Waals surface area contributed by atoms with Gasteiger partial charge in [0.1, 0.15) is 5.56 Å².